The highest BCUT2D eigenvalue weighted by atomic mass is 16.1. The maximum absolute atomic E-state index is 11.8. The number of nitrogens with one attached hydrogen (secondary N) is 2. The van der Waals surface area contributed by atoms with Gasteiger partial charge in [0.15, 0.2) is 5.82 Å². The largest absolute Gasteiger partial charge is 0.345 e. The summed E-state index contributed by atoms with van der Waals surface area (Å²) in [6.45, 7) is 0.183. The molecule has 110 valence electrons. The Morgan fingerprint density at radius 3 is 2.91 bits per heavy atom. The number of aromatic amines is 1. The van der Waals surface area contributed by atoms with E-state index in [2.05, 4.69) is 20.5 Å². The lowest BCUT2D eigenvalue weighted by molar-refractivity contribution is -0.116. The second-order valence-corrected chi connectivity index (χ2v) is 4.56. The molecule has 0 saturated carbocycles. The van der Waals surface area contributed by atoms with E-state index in [0.29, 0.717) is 5.82 Å². The van der Waals surface area contributed by atoms with Crippen LogP contribution in [0.2, 0.25) is 0 Å². The number of aromatic nitrogens is 4. The second-order valence-electron chi connectivity index (χ2n) is 4.56. The molecule has 1 aromatic carbocycles. The van der Waals surface area contributed by atoms with Gasteiger partial charge in [0, 0.05) is 18.5 Å². The standard InChI is InChI=1S/C15H13N5O2/c21-13(7-6-11-4-2-1-3-5-11)17-10-12-18-19-14-15(22)16-8-9-20(12)14/h1-9H,10H2,(H,16,22)(H,17,21). The smallest absolute Gasteiger partial charge is 0.293 e. The summed E-state index contributed by atoms with van der Waals surface area (Å²) in [7, 11) is 0. The number of carbonyl (C=O) groups excluding carboxylic acids is 1. The first kappa shape index (κ1) is 13.7. The maximum atomic E-state index is 11.8. The Bertz CT molecular complexity index is 880. The van der Waals surface area contributed by atoms with Crippen molar-refractivity contribution in [3.05, 3.63) is 70.5 Å². The molecule has 3 aromatic rings. The molecule has 1 amide bonds. The average Bonchev–Trinajstić information content (AvgIpc) is 2.96. The van der Waals surface area contributed by atoms with Crippen molar-refractivity contribution in [1.82, 2.24) is 24.9 Å². The average molecular weight is 295 g/mol. The molecular weight excluding hydrogens is 282 g/mol. The molecule has 0 aliphatic rings. The zero-order valence-corrected chi connectivity index (χ0v) is 11.6. The Morgan fingerprint density at radius 1 is 1.27 bits per heavy atom. The van der Waals surface area contributed by atoms with Gasteiger partial charge in [0.2, 0.25) is 11.6 Å². The van der Waals surface area contributed by atoms with Gasteiger partial charge >= 0.3 is 0 Å². The SMILES string of the molecule is O=C(C=Cc1ccccc1)NCc1nnc2c(=O)[nH]ccn12. The highest BCUT2D eigenvalue weighted by molar-refractivity contribution is 5.91. The molecule has 7 heteroatoms. The van der Waals surface area contributed by atoms with Crippen LogP contribution >= 0.6 is 0 Å². The summed E-state index contributed by atoms with van der Waals surface area (Å²) in [5.74, 6) is 0.244. The lowest BCUT2D eigenvalue weighted by Crippen LogP contribution is -2.22. The summed E-state index contributed by atoms with van der Waals surface area (Å²) in [6, 6.07) is 9.52. The van der Waals surface area contributed by atoms with Gasteiger partial charge in [-0.1, -0.05) is 30.3 Å². The minimum absolute atomic E-state index is 0.183. The van der Waals surface area contributed by atoms with Crippen LogP contribution in [0.1, 0.15) is 11.4 Å². The molecule has 2 aromatic heterocycles. The lowest BCUT2D eigenvalue weighted by atomic mass is 10.2. The van der Waals surface area contributed by atoms with Crippen LogP contribution in [0, 0.1) is 0 Å². The zero-order chi connectivity index (χ0) is 15.4. The molecule has 2 heterocycles. The van der Waals surface area contributed by atoms with Gasteiger partial charge in [0.05, 0.1) is 6.54 Å². The number of nitrogens with zero attached hydrogens (tertiary/aromatic N) is 3. The van der Waals surface area contributed by atoms with Crippen LogP contribution in [0.4, 0.5) is 0 Å². The maximum Gasteiger partial charge on any atom is 0.293 e. The first-order valence-electron chi connectivity index (χ1n) is 6.66. The van der Waals surface area contributed by atoms with Crippen molar-refractivity contribution in [2.45, 2.75) is 6.54 Å². The molecule has 0 bridgehead atoms. The monoisotopic (exact) mass is 295 g/mol. The molecule has 0 aliphatic carbocycles. The molecule has 0 aliphatic heterocycles. The molecule has 22 heavy (non-hydrogen) atoms. The molecule has 0 unspecified atom stereocenters. The molecule has 3 rings (SSSR count). The van der Waals surface area contributed by atoms with Crippen LogP contribution in [-0.2, 0) is 11.3 Å². The fourth-order valence-electron chi connectivity index (χ4n) is 1.97. The normalized spacial score (nSPS) is 11.1. The zero-order valence-electron chi connectivity index (χ0n) is 11.6. The molecule has 2 N–H and O–H groups in total. The van der Waals surface area contributed by atoms with Crippen molar-refractivity contribution < 1.29 is 4.79 Å². The molecule has 0 atom stereocenters. The summed E-state index contributed by atoms with van der Waals surface area (Å²) < 4.78 is 1.54. The number of H-pyrrole nitrogens is 1. The molecule has 0 radical (unpaired) electrons. The van der Waals surface area contributed by atoms with Crippen LogP contribution < -0.4 is 10.9 Å². The highest BCUT2D eigenvalue weighted by Crippen LogP contribution is 2.01. The molecular formula is C15H13N5O2. The molecule has 0 spiro atoms. The van der Waals surface area contributed by atoms with Gasteiger partial charge in [-0.25, -0.2) is 0 Å². The number of amides is 1. The van der Waals surface area contributed by atoms with Crippen LogP contribution in [0.15, 0.2) is 53.6 Å². The number of carbonyl (C=O) groups is 1. The van der Waals surface area contributed by atoms with Crippen molar-refractivity contribution >= 4 is 17.6 Å². The van der Waals surface area contributed by atoms with E-state index in [4.69, 9.17) is 0 Å². The fraction of sp³-hybridized carbons (Fsp3) is 0.0667. The summed E-state index contributed by atoms with van der Waals surface area (Å²) in [6.07, 6.45) is 6.31. The third kappa shape index (κ3) is 2.93. The van der Waals surface area contributed by atoms with Crippen molar-refractivity contribution in [2.75, 3.05) is 0 Å². The van der Waals surface area contributed by atoms with Gasteiger partial charge in [-0.15, -0.1) is 10.2 Å². The Labute approximate surface area is 125 Å². The Hall–Kier alpha value is -3.22. The summed E-state index contributed by atoms with van der Waals surface area (Å²) in [5.41, 5.74) is 0.820. The third-order valence-electron chi connectivity index (χ3n) is 3.06. The minimum atomic E-state index is -0.323. The number of hydrogen-bond donors (Lipinski definition) is 2. The Kier molecular flexibility index (Phi) is 3.78. The van der Waals surface area contributed by atoms with Gasteiger partial charge in [0.1, 0.15) is 0 Å². The van der Waals surface area contributed by atoms with Gasteiger partial charge < -0.3 is 10.3 Å². The van der Waals surface area contributed by atoms with E-state index in [0.717, 1.165) is 5.56 Å². The van der Waals surface area contributed by atoms with E-state index in [-0.39, 0.29) is 23.7 Å². The van der Waals surface area contributed by atoms with Crippen molar-refractivity contribution in [2.24, 2.45) is 0 Å². The second kappa shape index (κ2) is 6.04. The van der Waals surface area contributed by atoms with E-state index in [1.54, 1.807) is 16.7 Å². The molecule has 7 nitrogen and oxygen atoms in total. The van der Waals surface area contributed by atoms with Crippen LogP contribution in [-0.4, -0.2) is 25.5 Å². The van der Waals surface area contributed by atoms with Gasteiger partial charge in [-0.05, 0) is 11.6 Å². The van der Waals surface area contributed by atoms with Crippen LogP contribution in [0.3, 0.4) is 0 Å². The van der Waals surface area contributed by atoms with Crippen LogP contribution in [0.5, 0.6) is 0 Å². The van der Waals surface area contributed by atoms with Crippen molar-refractivity contribution in [3.8, 4) is 0 Å². The topological polar surface area (TPSA) is 92.2 Å². The van der Waals surface area contributed by atoms with E-state index in [1.165, 1.54) is 12.3 Å². The van der Waals surface area contributed by atoms with Crippen LogP contribution in [0.25, 0.3) is 11.7 Å². The predicted molar refractivity (Wildman–Crippen MR) is 80.9 cm³/mol. The minimum Gasteiger partial charge on any atom is -0.345 e. The number of hydrogen-bond acceptors (Lipinski definition) is 4. The number of benzene rings is 1. The third-order valence-corrected chi connectivity index (χ3v) is 3.06. The van der Waals surface area contributed by atoms with Crippen molar-refractivity contribution in [1.29, 1.82) is 0 Å². The first-order chi connectivity index (χ1) is 10.7. The highest BCUT2D eigenvalue weighted by Gasteiger charge is 2.08. The van der Waals surface area contributed by atoms with Crippen molar-refractivity contribution in [3.63, 3.8) is 0 Å². The number of rotatable bonds is 4. The Balaban J connectivity index is 1.67. The Morgan fingerprint density at radius 2 is 2.09 bits per heavy atom. The predicted octanol–water partition coefficient (Wildman–Crippen LogP) is 0.747. The van der Waals surface area contributed by atoms with Gasteiger partial charge in [0.25, 0.3) is 5.56 Å². The summed E-state index contributed by atoms with van der Waals surface area (Å²) in [5, 5.41) is 10.4. The molecule has 0 saturated heterocycles. The quantitative estimate of drug-likeness (QED) is 0.695. The van der Waals surface area contributed by atoms with E-state index in [9.17, 15) is 9.59 Å². The molecule has 0 fully saturated rings. The van der Waals surface area contributed by atoms with Gasteiger partial charge in [-0.2, -0.15) is 0 Å². The van der Waals surface area contributed by atoms with E-state index in [1.807, 2.05) is 30.3 Å². The van der Waals surface area contributed by atoms with Gasteiger partial charge in [-0.3, -0.25) is 14.0 Å². The first-order valence-corrected chi connectivity index (χ1v) is 6.66. The number of fused-ring (bicyclic) bond motifs is 1. The summed E-state index contributed by atoms with van der Waals surface area (Å²) in [4.78, 5) is 25.8. The van der Waals surface area contributed by atoms with E-state index < -0.39 is 0 Å². The van der Waals surface area contributed by atoms with E-state index >= 15 is 0 Å². The lowest BCUT2D eigenvalue weighted by Gasteiger charge is -2.00. The fourth-order valence-corrected chi connectivity index (χ4v) is 1.97. The summed E-state index contributed by atoms with van der Waals surface area (Å²) >= 11 is 0.